The number of carbonyl (C=O) groups excluding carboxylic acids is 1. The first-order chi connectivity index (χ1) is 21.9. The minimum atomic E-state index is -0.735. The van der Waals surface area contributed by atoms with Gasteiger partial charge in [0.2, 0.25) is 5.91 Å². The highest BCUT2D eigenvalue weighted by molar-refractivity contribution is 6.36. The van der Waals surface area contributed by atoms with E-state index in [9.17, 15) is 14.7 Å². The highest BCUT2D eigenvalue weighted by Gasteiger charge is 2.37. The minimum Gasteiger partial charge on any atom is -0.507 e. The molecular weight excluding hydrogens is 611 g/mol. The molecule has 0 saturated carbocycles. The number of rotatable bonds is 6. The molecule has 1 fully saturated rings. The third-order valence-corrected chi connectivity index (χ3v) is 8.88. The number of hydrogen-bond donors (Lipinski definition) is 1. The lowest BCUT2D eigenvalue weighted by Crippen LogP contribution is -2.56. The molecule has 6 rings (SSSR count). The van der Waals surface area contributed by atoms with Crippen molar-refractivity contribution in [1.29, 1.82) is 0 Å². The molecule has 1 saturated heterocycles. The first-order valence-corrected chi connectivity index (χ1v) is 15.5. The molecule has 0 spiro atoms. The average Bonchev–Trinajstić information content (AvgIpc) is 3.16. The fourth-order valence-corrected chi connectivity index (χ4v) is 6.80. The zero-order valence-corrected chi connectivity index (χ0v) is 27.2. The van der Waals surface area contributed by atoms with E-state index in [0.29, 0.717) is 43.1 Å². The van der Waals surface area contributed by atoms with Gasteiger partial charge in [-0.15, -0.1) is 0 Å². The monoisotopic (exact) mass is 646 g/mol. The Kier molecular flexibility index (Phi) is 8.24. The number of pyridine rings is 1. The predicted molar refractivity (Wildman–Crippen MR) is 177 cm³/mol. The Balaban J connectivity index is 1.70. The lowest BCUT2D eigenvalue weighted by molar-refractivity contribution is -0.126. The average molecular weight is 647 g/mol. The molecule has 4 aromatic rings. The lowest BCUT2D eigenvalue weighted by Gasteiger charge is -2.40. The third-order valence-electron chi connectivity index (χ3n) is 8.53. The molecular formula is C34H36ClFN6O4. The van der Waals surface area contributed by atoms with Crippen LogP contribution in [0.5, 0.6) is 11.5 Å². The van der Waals surface area contributed by atoms with Gasteiger partial charge in [-0.25, -0.2) is 18.7 Å². The largest absolute Gasteiger partial charge is 0.507 e. The number of halogens is 2. The van der Waals surface area contributed by atoms with Gasteiger partial charge in [-0.1, -0.05) is 50.2 Å². The highest BCUT2D eigenvalue weighted by Crippen LogP contribution is 2.47. The second-order valence-electron chi connectivity index (χ2n) is 12.4. The molecule has 1 atom stereocenters. The Bertz CT molecular complexity index is 1940. The zero-order chi connectivity index (χ0) is 33.0. The number of phenolic OH excluding ortho intramolecular Hbond substituents is 1. The van der Waals surface area contributed by atoms with Gasteiger partial charge in [-0.3, -0.25) is 4.79 Å². The first-order valence-electron chi connectivity index (χ1n) is 15.1. The van der Waals surface area contributed by atoms with Crippen LogP contribution in [0.3, 0.4) is 0 Å². The maximum absolute atomic E-state index is 15.4. The van der Waals surface area contributed by atoms with Crippen molar-refractivity contribution in [1.82, 2.24) is 24.3 Å². The second kappa shape index (κ2) is 12.0. The van der Waals surface area contributed by atoms with Gasteiger partial charge in [0.1, 0.15) is 40.1 Å². The van der Waals surface area contributed by atoms with E-state index < -0.39 is 11.5 Å². The molecule has 2 aromatic heterocycles. The van der Waals surface area contributed by atoms with E-state index in [4.69, 9.17) is 21.3 Å². The fourth-order valence-electron chi connectivity index (χ4n) is 6.51. The molecule has 0 unspecified atom stereocenters. The zero-order valence-electron chi connectivity index (χ0n) is 26.5. The Morgan fingerprint density at radius 1 is 1.26 bits per heavy atom. The summed E-state index contributed by atoms with van der Waals surface area (Å²) >= 11 is 6.98. The van der Waals surface area contributed by atoms with Crippen molar-refractivity contribution in [2.24, 2.45) is 0 Å². The van der Waals surface area contributed by atoms with Crippen LogP contribution in [-0.2, 0) is 11.3 Å². The summed E-state index contributed by atoms with van der Waals surface area (Å²) in [7, 11) is 3.99. The van der Waals surface area contributed by atoms with Crippen LogP contribution in [0.4, 0.5) is 10.2 Å². The summed E-state index contributed by atoms with van der Waals surface area (Å²) in [6.45, 7) is 11.5. The number of hydrogen-bond acceptors (Lipinski definition) is 8. The fraction of sp³-hybridized carbons (Fsp3) is 0.353. The molecule has 2 aliphatic rings. The van der Waals surface area contributed by atoms with Gasteiger partial charge in [-0.05, 0) is 61.8 Å². The second-order valence-corrected chi connectivity index (χ2v) is 12.8. The number of ether oxygens (including phenoxy) is 1. The Labute approximate surface area is 271 Å². The summed E-state index contributed by atoms with van der Waals surface area (Å²) in [5.41, 5.74) is 2.76. The van der Waals surface area contributed by atoms with Crippen LogP contribution in [0.2, 0.25) is 5.02 Å². The smallest absolute Gasteiger partial charge is 0.355 e. The molecule has 1 amide bonds. The van der Waals surface area contributed by atoms with Gasteiger partial charge in [0, 0.05) is 26.2 Å². The lowest BCUT2D eigenvalue weighted by atomic mass is 9.94. The summed E-state index contributed by atoms with van der Waals surface area (Å²) in [5.74, 6) is -0.787. The number of piperazine rings is 1. The minimum absolute atomic E-state index is 0.0195. The molecule has 46 heavy (non-hydrogen) atoms. The quantitative estimate of drug-likeness (QED) is 0.291. The standard InChI is InChI=1S/C34H36ClFN6O4/c1-7-25(44)40-11-12-41-21(16-40)17-46-31-27-32(41)38-34(45)42(30-19(4)13-20(15-39(5)6)14-22(30)18(2)3)33(27)37-29(28(31)35)26-23(36)9-8-10-24(26)43/h7-10,13-14,18,21,43H,1,11-12,15-17H2,2-6H3/t21-/m1/s1. The topological polar surface area (TPSA) is 104 Å². The van der Waals surface area contributed by atoms with Crippen molar-refractivity contribution in [2.75, 3.05) is 45.2 Å². The van der Waals surface area contributed by atoms with Crippen molar-refractivity contribution in [3.05, 3.63) is 81.0 Å². The van der Waals surface area contributed by atoms with E-state index in [1.165, 1.54) is 28.8 Å². The number of aromatic hydroxyl groups is 1. The maximum Gasteiger partial charge on any atom is 0.355 e. The van der Waals surface area contributed by atoms with Crippen LogP contribution >= 0.6 is 11.6 Å². The molecule has 1 N–H and O–H groups in total. The van der Waals surface area contributed by atoms with E-state index >= 15 is 4.39 Å². The van der Waals surface area contributed by atoms with Crippen LogP contribution in [0.25, 0.3) is 28.0 Å². The van der Waals surface area contributed by atoms with Crippen LogP contribution in [-0.4, -0.2) is 81.7 Å². The number of benzene rings is 2. The Morgan fingerprint density at radius 2 is 2.02 bits per heavy atom. The van der Waals surface area contributed by atoms with Crippen LogP contribution in [0.1, 0.15) is 36.5 Å². The van der Waals surface area contributed by atoms with Gasteiger partial charge in [0.25, 0.3) is 0 Å². The number of fused-ring (bicyclic) bond motifs is 2. The molecule has 4 heterocycles. The van der Waals surface area contributed by atoms with Crippen molar-refractivity contribution in [3.63, 3.8) is 0 Å². The van der Waals surface area contributed by atoms with Crippen molar-refractivity contribution in [2.45, 2.75) is 39.3 Å². The number of aryl methyl sites for hydroxylation is 1. The van der Waals surface area contributed by atoms with Crippen molar-refractivity contribution >= 4 is 34.4 Å². The SMILES string of the molecule is C=CC(=O)N1CCN2c3nc(=O)n(-c4c(C)cc(CN(C)C)cc4C(C)C)c4nc(-c5c(O)cccc5F)c(Cl)c(c34)OC[C@H]2C1. The number of amides is 1. The molecule has 2 aromatic carbocycles. The molecule has 240 valence electrons. The van der Waals surface area contributed by atoms with E-state index in [2.05, 4.69) is 36.4 Å². The summed E-state index contributed by atoms with van der Waals surface area (Å²) in [6, 6.07) is 7.69. The number of carbonyl (C=O) groups is 1. The normalized spacial score (nSPS) is 16.1. The molecule has 0 bridgehead atoms. The summed E-state index contributed by atoms with van der Waals surface area (Å²) < 4.78 is 23.2. The Hall–Kier alpha value is -4.48. The van der Waals surface area contributed by atoms with E-state index in [0.717, 1.165) is 16.7 Å². The maximum atomic E-state index is 15.4. The Morgan fingerprint density at radius 3 is 2.70 bits per heavy atom. The molecule has 12 heteroatoms. The summed E-state index contributed by atoms with van der Waals surface area (Å²) in [5, 5.41) is 11.2. The molecule has 0 radical (unpaired) electrons. The van der Waals surface area contributed by atoms with Gasteiger partial charge in [0.15, 0.2) is 11.4 Å². The van der Waals surface area contributed by atoms with Crippen LogP contribution < -0.4 is 15.3 Å². The van der Waals surface area contributed by atoms with Crippen molar-refractivity contribution < 1.29 is 19.0 Å². The first kappa shape index (κ1) is 31.5. The van der Waals surface area contributed by atoms with Crippen LogP contribution in [0, 0.1) is 12.7 Å². The van der Waals surface area contributed by atoms with Gasteiger partial charge in [-0.2, -0.15) is 4.98 Å². The number of phenols is 1. The predicted octanol–water partition coefficient (Wildman–Crippen LogP) is 5.03. The molecule has 10 nitrogen and oxygen atoms in total. The van der Waals surface area contributed by atoms with Gasteiger partial charge < -0.3 is 24.5 Å². The third kappa shape index (κ3) is 5.27. The molecule has 0 aliphatic carbocycles. The number of anilines is 1. The highest BCUT2D eigenvalue weighted by atomic mass is 35.5. The number of aromatic nitrogens is 3. The van der Waals surface area contributed by atoms with Gasteiger partial charge in [0.05, 0.1) is 17.3 Å². The van der Waals surface area contributed by atoms with E-state index in [-0.39, 0.29) is 57.9 Å². The summed E-state index contributed by atoms with van der Waals surface area (Å²) in [6.07, 6.45) is 1.27. The summed E-state index contributed by atoms with van der Waals surface area (Å²) in [4.78, 5) is 42.0. The van der Waals surface area contributed by atoms with E-state index in [1.54, 1.807) is 4.90 Å². The van der Waals surface area contributed by atoms with E-state index in [1.807, 2.05) is 32.0 Å². The van der Waals surface area contributed by atoms with Gasteiger partial charge >= 0.3 is 5.69 Å². The van der Waals surface area contributed by atoms with Crippen LogP contribution in [0.15, 0.2) is 47.8 Å². The molecule has 2 aliphatic heterocycles. The number of nitrogens with zero attached hydrogens (tertiary/aromatic N) is 6. The van der Waals surface area contributed by atoms with Crippen molar-refractivity contribution in [3.8, 4) is 28.4 Å².